The van der Waals surface area contributed by atoms with Crippen molar-refractivity contribution in [1.29, 1.82) is 0 Å². The highest BCUT2D eigenvalue weighted by Crippen LogP contribution is 2.29. The summed E-state index contributed by atoms with van der Waals surface area (Å²) in [6.45, 7) is 4.94. The SMILES string of the molecule is CN1CCN(c2ccc(C(=O)Nc3n[nH]c4ccc(OCc5cc(F)ccc5F)nc34)c(NC3CCOCC3)c2)CC1. The van der Waals surface area contributed by atoms with E-state index in [1.54, 1.807) is 12.1 Å². The van der Waals surface area contributed by atoms with E-state index in [-0.39, 0.29) is 35.8 Å². The number of amides is 1. The average molecular weight is 578 g/mol. The molecule has 3 N–H and O–H groups in total. The Kier molecular flexibility index (Phi) is 8.15. The summed E-state index contributed by atoms with van der Waals surface area (Å²) in [5.74, 6) is -1.05. The molecule has 0 atom stereocenters. The maximum absolute atomic E-state index is 14.0. The van der Waals surface area contributed by atoms with Crippen molar-refractivity contribution in [2.24, 2.45) is 0 Å². The first-order valence-corrected chi connectivity index (χ1v) is 14.1. The monoisotopic (exact) mass is 577 g/mol. The number of aromatic amines is 1. The van der Waals surface area contributed by atoms with Crippen LogP contribution in [0.2, 0.25) is 0 Å². The topological polar surface area (TPSA) is 108 Å². The third-order valence-corrected chi connectivity index (χ3v) is 7.69. The van der Waals surface area contributed by atoms with E-state index in [9.17, 15) is 13.6 Å². The van der Waals surface area contributed by atoms with Crippen molar-refractivity contribution in [3.05, 3.63) is 71.3 Å². The summed E-state index contributed by atoms with van der Waals surface area (Å²) < 4.78 is 38.7. The minimum Gasteiger partial charge on any atom is -0.473 e. The third-order valence-electron chi connectivity index (χ3n) is 7.69. The van der Waals surface area contributed by atoms with Gasteiger partial charge in [0.25, 0.3) is 5.91 Å². The Morgan fingerprint density at radius 3 is 2.69 bits per heavy atom. The lowest BCUT2D eigenvalue weighted by Crippen LogP contribution is -2.44. The fourth-order valence-electron chi connectivity index (χ4n) is 5.20. The van der Waals surface area contributed by atoms with Crippen molar-refractivity contribution in [2.75, 3.05) is 62.0 Å². The van der Waals surface area contributed by atoms with Crippen LogP contribution in [0.3, 0.4) is 0 Å². The molecule has 4 heterocycles. The first kappa shape index (κ1) is 27.9. The number of rotatable bonds is 8. The van der Waals surface area contributed by atoms with Gasteiger partial charge < -0.3 is 29.9 Å². The minimum absolute atomic E-state index is 0.0715. The number of ether oxygens (including phenoxy) is 2. The van der Waals surface area contributed by atoms with Crippen molar-refractivity contribution in [3.8, 4) is 5.88 Å². The number of hydrogen-bond donors (Lipinski definition) is 3. The Hall–Kier alpha value is -4.29. The van der Waals surface area contributed by atoms with E-state index in [2.05, 4.69) is 42.7 Å². The van der Waals surface area contributed by atoms with Gasteiger partial charge in [-0.3, -0.25) is 9.89 Å². The van der Waals surface area contributed by atoms with Crippen LogP contribution in [0, 0.1) is 11.6 Å². The quantitative estimate of drug-likeness (QED) is 0.283. The second kappa shape index (κ2) is 12.3. The van der Waals surface area contributed by atoms with Gasteiger partial charge in [-0.05, 0) is 62.4 Å². The normalized spacial score (nSPS) is 16.5. The first-order chi connectivity index (χ1) is 20.4. The first-order valence-electron chi connectivity index (χ1n) is 14.1. The number of halogens is 2. The second-order valence-corrected chi connectivity index (χ2v) is 10.6. The van der Waals surface area contributed by atoms with Gasteiger partial charge in [0.2, 0.25) is 5.88 Å². The number of H-pyrrole nitrogens is 1. The zero-order chi connectivity index (χ0) is 29.1. The highest BCUT2D eigenvalue weighted by molar-refractivity contribution is 6.10. The van der Waals surface area contributed by atoms with Crippen LogP contribution in [0.4, 0.5) is 26.0 Å². The van der Waals surface area contributed by atoms with E-state index in [1.165, 1.54) is 0 Å². The molecule has 2 aromatic carbocycles. The number of anilines is 3. The van der Waals surface area contributed by atoms with Crippen molar-refractivity contribution in [1.82, 2.24) is 20.1 Å². The standard InChI is InChI=1S/C30H33F2N7O3/c1-38-10-12-39(13-11-38)22-3-4-23(26(17-22)33-21-8-14-41-15-9-21)30(40)35-29-28-25(36-37-29)6-7-27(34-28)42-18-19-16-20(31)2-5-24(19)32/h2-7,16-17,21,33H,8-15,18H2,1H3,(H2,35,36,37,40). The molecule has 0 saturated carbocycles. The summed E-state index contributed by atoms with van der Waals surface area (Å²) in [5.41, 5.74) is 3.35. The molecule has 2 aliphatic heterocycles. The molecule has 0 bridgehead atoms. The molecule has 0 unspecified atom stereocenters. The molecule has 4 aromatic rings. The number of fused-ring (bicyclic) bond motifs is 1. The Morgan fingerprint density at radius 2 is 1.88 bits per heavy atom. The van der Waals surface area contributed by atoms with E-state index < -0.39 is 11.6 Å². The van der Waals surface area contributed by atoms with Gasteiger partial charge in [0.15, 0.2) is 5.82 Å². The van der Waals surface area contributed by atoms with Gasteiger partial charge in [-0.15, -0.1) is 0 Å². The van der Waals surface area contributed by atoms with Gasteiger partial charge in [0, 0.05) is 68.4 Å². The summed E-state index contributed by atoms with van der Waals surface area (Å²) in [5, 5.41) is 13.6. The van der Waals surface area contributed by atoms with Crippen molar-refractivity contribution in [2.45, 2.75) is 25.5 Å². The number of benzene rings is 2. The molecular weight excluding hydrogens is 544 g/mol. The Bertz CT molecular complexity index is 1570. The van der Waals surface area contributed by atoms with Crippen LogP contribution >= 0.6 is 0 Å². The molecular formula is C30H33F2N7O3. The lowest BCUT2D eigenvalue weighted by atomic mass is 10.1. The predicted octanol–water partition coefficient (Wildman–Crippen LogP) is 4.41. The van der Waals surface area contributed by atoms with Gasteiger partial charge in [-0.25, -0.2) is 13.8 Å². The van der Waals surface area contributed by atoms with E-state index >= 15 is 0 Å². The molecule has 12 heteroatoms. The van der Waals surface area contributed by atoms with Crippen LogP contribution in [0.25, 0.3) is 11.0 Å². The van der Waals surface area contributed by atoms with E-state index in [1.807, 2.05) is 18.2 Å². The maximum Gasteiger partial charge on any atom is 0.259 e. The lowest BCUT2D eigenvalue weighted by Gasteiger charge is -2.34. The van der Waals surface area contributed by atoms with Crippen LogP contribution in [-0.2, 0) is 11.3 Å². The van der Waals surface area contributed by atoms with Crippen LogP contribution in [0.1, 0.15) is 28.8 Å². The summed E-state index contributed by atoms with van der Waals surface area (Å²) in [4.78, 5) is 22.7. The average Bonchev–Trinajstić information content (AvgIpc) is 3.40. The predicted molar refractivity (Wildman–Crippen MR) is 156 cm³/mol. The van der Waals surface area contributed by atoms with Gasteiger partial charge in [0.1, 0.15) is 23.8 Å². The van der Waals surface area contributed by atoms with Gasteiger partial charge in [0.05, 0.1) is 11.1 Å². The van der Waals surface area contributed by atoms with Gasteiger partial charge >= 0.3 is 0 Å². The largest absolute Gasteiger partial charge is 0.473 e. The Labute approximate surface area is 242 Å². The third kappa shape index (κ3) is 6.29. The summed E-state index contributed by atoms with van der Waals surface area (Å²) >= 11 is 0. The summed E-state index contributed by atoms with van der Waals surface area (Å²) in [7, 11) is 2.12. The minimum atomic E-state index is -0.572. The van der Waals surface area contributed by atoms with Gasteiger partial charge in [-0.2, -0.15) is 5.10 Å². The number of likely N-dealkylation sites (N-methyl/N-ethyl adjacent to an activating group) is 1. The molecule has 2 aliphatic rings. The molecule has 220 valence electrons. The zero-order valence-corrected chi connectivity index (χ0v) is 23.3. The zero-order valence-electron chi connectivity index (χ0n) is 23.3. The number of piperazine rings is 1. The van der Waals surface area contributed by atoms with E-state index in [0.717, 1.165) is 68.6 Å². The molecule has 2 aromatic heterocycles. The highest BCUT2D eigenvalue weighted by atomic mass is 19.1. The van der Waals surface area contributed by atoms with Crippen molar-refractivity contribution >= 4 is 34.1 Å². The summed E-state index contributed by atoms with van der Waals surface area (Å²) in [6.07, 6.45) is 1.71. The number of carbonyl (C=O) groups excluding carboxylic acids is 1. The van der Waals surface area contributed by atoms with E-state index in [0.29, 0.717) is 29.8 Å². The number of nitrogens with one attached hydrogen (secondary N) is 3. The highest BCUT2D eigenvalue weighted by Gasteiger charge is 2.22. The molecule has 42 heavy (non-hydrogen) atoms. The molecule has 10 nitrogen and oxygen atoms in total. The fourth-order valence-corrected chi connectivity index (χ4v) is 5.20. The number of aromatic nitrogens is 3. The molecule has 1 amide bonds. The Balaban J connectivity index is 1.22. The molecule has 2 saturated heterocycles. The number of nitrogens with zero attached hydrogens (tertiary/aromatic N) is 4. The smallest absolute Gasteiger partial charge is 0.259 e. The molecule has 0 aliphatic carbocycles. The van der Waals surface area contributed by atoms with Gasteiger partial charge in [-0.1, -0.05) is 0 Å². The van der Waals surface area contributed by atoms with Crippen LogP contribution < -0.4 is 20.3 Å². The molecule has 0 radical (unpaired) electrons. The molecule has 6 rings (SSSR count). The van der Waals surface area contributed by atoms with Crippen LogP contribution in [0.15, 0.2) is 48.5 Å². The van der Waals surface area contributed by atoms with Crippen LogP contribution in [-0.4, -0.2) is 78.5 Å². The maximum atomic E-state index is 14.0. The Morgan fingerprint density at radius 1 is 1.07 bits per heavy atom. The molecule has 2 fully saturated rings. The van der Waals surface area contributed by atoms with Crippen LogP contribution in [0.5, 0.6) is 5.88 Å². The summed E-state index contributed by atoms with van der Waals surface area (Å²) in [6, 6.07) is 12.5. The number of hydrogen-bond acceptors (Lipinski definition) is 8. The number of pyridine rings is 1. The van der Waals surface area contributed by atoms with Crippen molar-refractivity contribution in [3.63, 3.8) is 0 Å². The fraction of sp³-hybridized carbons (Fsp3) is 0.367. The van der Waals surface area contributed by atoms with E-state index in [4.69, 9.17) is 9.47 Å². The number of carbonyl (C=O) groups is 1. The lowest BCUT2D eigenvalue weighted by molar-refractivity contribution is 0.0904. The molecule has 0 spiro atoms. The second-order valence-electron chi connectivity index (χ2n) is 10.6. The van der Waals surface area contributed by atoms with Crippen molar-refractivity contribution < 1.29 is 23.0 Å².